The number of hydrogen-bond acceptors (Lipinski definition) is 4. The van der Waals surface area contributed by atoms with Crippen molar-refractivity contribution in [3.05, 3.63) is 114 Å². The van der Waals surface area contributed by atoms with E-state index in [2.05, 4.69) is 114 Å². The standard InChI is InChI=1S/C39H35N3O/c1-38(2,3)28-19-16-24(17-20-28)35-40-36(27-15-14-26-23-29(39(4,5)6)21-18-25(26)22-27)42-37(41-35)32-12-9-11-31-30-10-7-8-13-33(30)43-34(31)32/h7-23H,1-6H3. The lowest BCUT2D eigenvalue weighted by Gasteiger charge is -2.19. The summed E-state index contributed by atoms with van der Waals surface area (Å²) in [5.41, 5.74) is 7.10. The Morgan fingerprint density at radius 2 is 1.07 bits per heavy atom. The third kappa shape index (κ3) is 4.97. The fourth-order valence-electron chi connectivity index (χ4n) is 5.65. The first-order chi connectivity index (χ1) is 20.5. The highest BCUT2D eigenvalue weighted by atomic mass is 16.3. The predicted molar refractivity (Wildman–Crippen MR) is 178 cm³/mol. The topological polar surface area (TPSA) is 51.8 Å². The molecule has 0 atom stereocenters. The lowest BCUT2D eigenvalue weighted by Crippen LogP contribution is -2.10. The van der Waals surface area contributed by atoms with Gasteiger partial charge in [-0.1, -0.05) is 126 Å². The first-order valence-electron chi connectivity index (χ1n) is 14.9. The van der Waals surface area contributed by atoms with Crippen LogP contribution in [0.4, 0.5) is 0 Å². The van der Waals surface area contributed by atoms with Crippen LogP contribution >= 0.6 is 0 Å². The third-order valence-corrected chi connectivity index (χ3v) is 8.25. The molecule has 0 spiro atoms. The Kier molecular flexibility index (Phi) is 6.21. The fourth-order valence-corrected chi connectivity index (χ4v) is 5.65. The second-order valence-corrected chi connectivity index (χ2v) is 13.4. The summed E-state index contributed by atoms with van der Waals surface area (Å²) in [6.07, 6.45) is 0. The first-order valence-corrected chi connectivity index (χ1v) is 14.9. The molecule has 0 aliphatic heterocycles. The number of fused-ring (bicyclic) bond motifs is 4. The van der Waals surface area contributed by atoms with Crippen LogP contribution in [0.5, 0.6) is 0 Å². The van der Waals surface area contributed by atoms with E-state index in [0.29, 0.717) is 17.5 Å². The number of rotatable bonds is 3. The second kappa shape index (κ2) is 9.88. The van der Waals surface area contributed by atoms with Crippen LogP contribution < -0.4 is 0 Å². The number of nitrogens with zero attached hydrogens (tertiary/aromatic N) is 3. The molecule has 2 aromatic heterocycles. The molecule has 4 heteroatoms. The van der Waals surface area contributed by atoms with E-state index in [-0.39, 0.29) is 10.8 Å². The van der Waals surface area contributed by atoms with E-state index in [4.69, 9.17) is 19.4 Å². The highest BCUT2D eigenvalue weighted by Crippen LogP contribution is 2.36. The van der Waals surface area contributed by atoms with Crippen molar-refractivity contribution in [1.82, 2.24) is 15.0 Å². The molecule has 0 aliphatic rings. The van der Waals surface area contributed by atoms with Crippen molar-refractivity contribution in [2.45, 2.75) is 52.4 Å². The Balaban J connectivity index is 1.42. The Hall–Kier alpha value is -4.83. The highest BCUT2D eigenvalue weighted by molar-refractivity contribution is 6.09. The Labute approximate surface area is 252 Å². The van der Waals surface area contributed by atoms with Crippen LogP contribution in [0, 0.1) is 0 Å². The molecule has 0 fully saturated rings. The van der Waals surface area contributed by atoms with Crippen molar-refractivity contribution in [1.29, 1.82) is 0 Å². The van der Waals surface area contributed by atoms with E-state index >= 15 is 0 Å². The summed E-state index contributed by atoms with van der Waals surface area (Å²) in [4.78, 5) is 15.1. The smallest absolute Gasteiger partial charge is 0.167 e. The van der Waals surface area contributed by atoms with Crippen LogP contribution in [0.3, 0.4) is 0 Å². The average molecular weight is 562 g/mol. The van der Waals surface area contributed by atoms with Gasteiger partial charge < -0.3 is 4.42 Å². The van der Waals surface area contributed by atoms with Gasteiger partial charge in [-0.25, -0.2) is 15.0 Å². The van der Waals surface area contributed by atoms with E-state index in [1.165, 1.54) is 16.5 Å². The van der Waals surface area contributed by atoms with Crippen molar-refractivity contribution in [3.8, 4) is 34.2 Å². The van der Waals surface area contributed by atoms with Gasteiger partial charge in [-0.2, -0.15) is 0 Å². The molecule has 0 saturated carbocycles. The van der Waals surface area contributed by atoms with Crippen molar-refractivity contribution in [3.63, 3.8) is 0 Å². The van der Waals surface area contributed by atoms with Gasteiger partial charge in [0.2, 0.25) is 0 Å². The third-order valence-electron chi connectivity index (χ3n) is 8.25. The maximum atomic E-state index is 6.38. The molecule has 212 valence electrons. The lowest BCUT2D eigenvalue weighted by molar-refractivity contribution is 0.590. The number of benzene rings is 5. The van der Waals surface area contributed by atoms with Crippen molar-refractivity contribution >= 4 is 32.7 Å². The number of hydrogen-bond donors (Lipinski definition) is 0. The molecule has 0 saturated heterocycles. The van der Waals surface area contributed by atoms with Gasteiger partial charge in [0, 0.05) is 21.9 Å². The highest BCUT2D eigenvalue weighted by Gasteiger charge is 2.19. The van der Waals surface area contributed by atoms with Crippen molar-refractivity contribution < 1.29 is 4.42 Å². The SMILES string of the molecule is CC(C)(C)c1ccc(-c2nc(-c3ccc4cc(C(C)(C)C)ccc4c3)nc(-c3cccc4c3oc3ccccc34)n2)cc1. The number of para-hydroxylation sites is 2. The molecule has 7 rings (SSSR count). The first kappa shape index (κ1) is 27.0. The summed E-state index contributed by atoms with van der Waals surface area (Å²) >= 11 is 0. The van der Waals surface area contributed by atoms with Crippen LogP contribution in [0.25, 0.3) is 66.9 Å². The zero-order valence-corrected chi connectivity index (χ0v) is 25.6. The molecule has 0 N–H and O–H groups in total. The summed E-state index contributed by atoms with van der Waals surface area (Å²) in [5, 5.41) is 4.49. The van der Waals surface area contributed by atoms with Crippen LogP contribution in [0.2, 0.25) is 0 Å². The minimum Gasteiger partial charge on any atom is -0.455 e. The molecular formula is C39H35N3O. The van der Waals surface area contributed by atoms with Gasteiger partial charge in [0.1, 0.15) is 11.2 Å². The maximum absolute atomic E-state index is 6.38. The Bertz CT molecular complexity index is 2140. The molecule has 0 unspecified atom stereocenters. The van der Waals surface area contributed by atoms with Gasteiger partial charge in [-0.3, -0.25) is 0 Å². The molecule has 0 amide bonds. The van der Waals surface area contributed by atoms with Gasteiger partial charge in [-0.05, 0) is 50.9 Å². The van der Waals surface area contributed by atoms with E-state index in [9.17, 15) is 0 Å². The molecule has 2 heterocycles. The van der Waals surface area contributed by atoms with E-state index in [1.807, 2.05) is 30.3 Å². The van der Waals surface area contributed by atoms with Crippen molar-refractivity contribution in [2.24, 2.45) is 0 Å². The average Bonchev–Trinajstić information content (AvgIpc) is 3.38. The zero-order chi connectivity index (χ0) is 29.9. The van der Waals surface area contributed by atoms with Gasteiger partial charge in [-0.15, -0.1) is 0 Å². The van der Waals surface area contributed by atoms with E-state index < -0.39 is 0 Å². The zero-order valence-electron chi connectivity index (χ0n) is 25.6. The lowest BCUT2D eigenvalue weighted by atomic mass is 9.86. The fraction of sp³-hybridized carbons (Fsp3) is 0.205. The normalized spacial score (nSPS) is 12.4. The minimum absolute atomic E-state index is 0.0584. The van der Waals surface area contributed by atoms with Crippen molar-refractivity contribution in [2.75, 3.05) is 0 Å². The van der Waals surface area contributed by atoms with Crippen LogP contribution in [0.15, 0.2) is 108 Å². The summed E-state index contributed by atoms with van der Waals surface area (Å²) in [6.45, 7) is 13.4. The summed E-state index contributed by atoms with van der Waals surface area (Å²) in [7, 11) is 0. The second-order valence-electron chi connectivity index (χ2n) is 13.4. The van der Waals surface area contributed by atoms with E-state index in [1.54, 1.807) is 0 Å². The Morgan fingerprint density at radius 1 is 0.488 bits per heavy atom. The van der Waals surface area contributed by atoms with E-state index in [0.717, 1.165) is 44.0 Å². The van der Waals surface area contributed by atoms with Crippen LogP contribution in [-0.4, -0.2) is 15.0 Å². The molecule has 0 bridgehead atoms. The van der Waals surface area contributed by atoms with Gasteiger partial charge in [0.05, 0.1) is 5.56 Å². The van der Waals surface area contributed by atoms with Crippen LogP contribution in [-0.2, 0) is 10.8 Å². The maximum Gasteiger partial charge on any atom is 0.167 e. The minimum atomic E-state index is 0.0584. The van der Waals surface area contributed by atoms with Gasteiger partial charge in [0.15, 0.2) is 17.5 Å². The molecule has 0 radical (unpaired) electrons. The monoisotopic (exact) mass is 561 g/mol. The quantitative estimate of drug-likeness (QED) is 0.215. The summed E-state index contributed by atoms with van der Waals surface area (Å²) in [5.74, 6) is 1.86. The number of furan rings is 1. The molecule has 43 heavy (non-hydrogen) atoms. The van der Waals surface area contributed by atoms with Gasteiger partial charge in [0.25, 0.3) is 0 Å². The summed E-state index contributed by atoms with van der Waals surface area (Å²) < 4.78 is 6.38. The largest absolute Gasteiger partial charge is 0.455 e. The predicted octanol–water partition coefficient (Wildman–Crippen LogP) is 10.5. The molecular weight excluding hydrogens is 526 g/mol. The molecule has 0 aliphatic carbocycles. The number of aromatic nitrogens is 3. The Morgan fingerprint density at radius 3 is 1.81 bits per heavy atom. The van der Waals surface area contributed by atoms with Crippen LogP contribution in [0.1, 0.15) is 52.7 Å². The summed E-state index contributed by atoms with van der Waals surface area (Å²) in [6, 6.07) is 36.0. The molecule has 5 aromatic carbocycles. The molecule has 4 nitrogen and oxygen atoms in total. The van der Waals surface area contributed by atoms with Gasteiger partial charge >= 0.3 is 0 Å². The molecule has 7 aromatic rings.